The van der Waals surface area contributed by atoms with Crippen molar-refractivity contribution < 1.29 is 27.4 Å². The van der Waals surface area contributed by atoms with E-state index in [9.17, 15) is 18.0 Å². The summed E-state index contributed by atoms with van der Waals surface area (Å²) in [4.78, 5) is 16.2. The van der Waals surface area contributed by atoms with Gasteiger partial charge >= 0.3 is 6.36 Å². The third-order valence-electron chi connectivity index (χ3n) is 3.23. The van der Waals surface area contributed by atoms with Crippen LogP contribution in [0.2, 0.25) is 0 Å². The SMILES string of the molecule is CCOc1nc(C(=O)NCc2cccc(OC(F)(F)F)c2)cc(N)c1C#N. The fourth-order valence-electron chi connectivity index (χ4n) is 2.14. The second kappa shape index (κ2) is 8.27. The molecule has 0 atom stereocenters. The van der Waals surface area contributed by atoms with Crippen LogP contribution in [0.4, 0.5) is 18.9 Å². The quantitative estimate of drug-likeness (QED) is 0.797. The third kappa shape index (κ3) is 5.50. The summed E-state index contributed by atoms with van der Waals surface area (Å²) in [6.07, 6.45) is -4.80. The molecule has 0 fully saturated rings. The van der Waals surface area contributed by atoms with E-state index in [0.717, 1.165) is 12.1 Å². The maximum absolute atomic E-state index is 12.3. The molecule has 0 saturated carbocycles. The Morgan fingerprint density at radius 1 is 1.37 bits per heavy atom. The number of amides is 1. The number of ether oxygens (including phenoxy) is 2. The van der Waals surface area contributed by atoms with Gasteiger partial charge in [0.15, 0.2) is 0 Å². The van der Waals surface area contributed by atoms with Crippen molar-refractivity contribution in [2.24, 2.45) is 0 Å². The van der Waals surface area contributed by atoms with Gasteiger partial charge in [-0.25, -0.2) is 4.98 Å². The number of nitrogens with two attached hydrogens (primary N) is 1. The molecule has 0 aliphatic rings. The van der Waals surface area contributed by atoms with Gasteiger partial charge in [0.2, 0.25) is 5.88 Å². The highest BCUT2D eigenvalue weighted by Crippen LogP contribution is 2.24. The zero-order valence-corrected chi connectivity index (χ0v) is 14.1. The maximum atomic E-state index is 12.3. The first-order valence-corrected chi connectivity index (χ1v) is 7.69. The Hall–Kier alpha value is -3.48. The van der Waals surface area contributed by atoms with Gasteiger partial charge in [-0.05, 0) is 30.7 Å². The molecule has 0 spiro atoms. The first-order valence-electron chi connectivity index (χ1n) is 7.69. The number of pyridine rings is 1. The second-order valence-electron chi connectivity index (χ2n) is 5.20. The Morgan fingerprint density at radius 2 is 2.11 bits per heavy atom. The summed E-state index contributed by atoms with van der Waals surface area (Å²) in [5.41, 5.74) is 6.09. The second-order valence-corrected chi connectivity index (χ2v) is 5.20. The monoisotopic (exact) mass is 380 g/mol. The van der Waals surface area contributed by atoms with Gasteiger partial charge in [-0.15, -0.1) is 13.2 Å². The van der Waals surface area contributed by atoms with Crippen molar-refractivity contribution in [2.45, 2.75) is 19.8 Å². The lowest BCUT2D eigenvalue weighted by Crippen LogP contribution is -2.24. The number of rotatable bonds is 6. The number of alkyl halides is 3. The molecular formula is C17H15F3N4O3. The van der Waals surface area contributed by atoms with E-state index in [-0.39, 0.29) is 36.0 Å². The highest BCUT2D eigenvalue weighted by molar-refractivity contribution is 5.93. The minimum absolute atomic E-state index is 0.0189. The highest BCUT2D eigenvalue weighted by Gasteiger charge is 2.31. The van der Waals surface area contributed by atoms with E-state index in [2.05, 4.69) is 15.0 Å². The number of nitriles is 1. The summed E-state index contributed by atoms with van der Waals surface area (Å²) >= 11 is 0. The van der Waals surface area contributed by atoms with Crippen molar-refractivity contribution >= 4 is 11.6 Å². The Bertz CT molecular complexity index is 879. The van der Waals surface area contributed by atoms with Crippen LogP contribution < -0.4 is 20.5 Å². The zero-order valence-electron chi connectivity index (χ0n) is 14.1. The number of nitrogens with zero attached hydrogens (tertiary/aromatic N) is 2. The fraction of sp³-hybridized carbons (Fsp3) is 0.235. The van der Waals surface area contributed by atoms with Crippen molar-refractivity contribution in [3.63, 3.8) is 0 Å². The van der Waals surface area contributed by atoms with E-state index in [0.29, 0.717) is 5.56 Å². The number of benzene rings is 1. The summed E-state index contributed by atoms with van der Waals surface area (Å²) in [5.74, 6) is -1.09. The van der Waals surface area contributed by atoms with E-state index >= 15 is 0 Å². The molecule has 2 rings (SSSR count). The fourth-order valence-corrected chi connectivity index (χ4v) is 2.14. The van der Waals surface area contributed by atoms with E-state index in [1.165, 1.54) is 18.2 Å². The van der Waals surface area contributed by atoms with E-state index in [1.54, 1.807) is 6.92 Å². The summed E-state index contributed by atoms with van der Waals surface area (Å²) in [5, 5.41) is 11.6. The zero-order chi connectivity index (χ0) is 20.0. The number of carbonyl (C=O) groups is 1. The van der Waals surface area contributed by atoms with Crippen molar-refractivity contribution in [1.82, 2.24) is 10.3 Å². The maximum Gasteiger partial charge on any atom is 0.573 e. The third-order valence-corrected chi connectivity index (χ3v) is 3.23. The summed E-state index contributed by atoms with van der Waals surface area (Å²) in [6.45, 7) is 1.83. The topological polar surface area (TPSA) is 110 Å². The van der Waals surface area contributed by atoms with Crippen LogP contribution in [-0.4, -0.2) is 23.9 Å². The van der Waals surface area contributed by atoms with Crippen LogP contribution in [0.15, 0.2) is 30.3 Å². The van der Waals surface area contributed by atoms with Gasteiger partial charge in [0, 0.05) is 6.54 Å². The van der Waals surface area contributed by atoms with Crippen molar-refractivity contribution in [3.05, 3.63) is 47.2 Å². The normalized spacial score (nSPS) is 10.8. The average molecular weight is 380 g/mol. The molecule has 1 aromatic carbocycles. The molecule has 0 aliphatic carbocycles. The van der Waals surface area contributed by atoms with E-state index in [4.69, 9.17) is 15.7 Å². The van der Waals surface area contributed by atoms with Crippen molar-refractivity contribution in [1.29, 1.82) is 5.26 Å². The summed E-state index contributed by atoms with van der Waals surface area (Å²) in [7, 11) is 0. The number of anilines is 1. The average Bonchev–Trinajstić information content (AvgIpc) is 2.58. The summed E-state index contributed by atoms with van der Waals surface area (Å²) in [6, 6.07) is 8.26. The number of nitrogen functional groups attached to an aromatic ring is 1. The van der Waals surface area contributed by atoms with E-state index < -0.39 is 18.0 Å². The predicted molar refractivity (Wildman–Crippen MR) is 88.8 cm³/mol. The molecule has 0 bridgehead atoms. The molecule has 0 saturated heterocycles. The molecule has 10 heteroatoms. The molecule has 0 unspecified atom stereocenters. The molecule has 27 heavy (non-hydrogen) atoms. The van der Waals surface area contributed by atoms with Gasteiger partial charge in [0.05, 0.1) is 12.3 Å². The van der Waals surface area contributed by atoms with Crippen molar-refractivity contribution in [2.75, 3.05) is 12.3 Å². The lowest BCUT2D eigenvalue weighted by Gasteiger charge is -2.11. The van der Waals surface area contributed by atoms with Crippen LogP contribution >= 0.6 is 0 Å². The smallest absolute Gasteiger partial charge is 0.477 e. The number of nitrogens with one attached hydrogen (secondary N) is 1. The molecular weight excluding hydrogens is 365 g/mol. The Balaban J connectivity index is 2.12. The Morgan fingerprint density at radius 3 is 2.74 bits per heavy atom. The molecule has 2 aromatic rings. The van der Waals surface area contributed by atoms with Crippen LogP contribution in [0, 0.1) is 11.3 Å². The Kier molecular flexibility index (Phi) is 6.07. The van der Waals surface area contributed by atoms with Gasteiger partial charge in [0.25, 0.3) is 5.91 Å². The number of carbonyl (C=O) groups excluding carboxylic acids is 1. The minimum atomic E-state index is -4.80. The Labute approximate surface area is 152 Å². The molecule has 1 aromatic heterocycles. The van der Waals surface area contributed by atoms with Crippen LogP contribution in [0.25, 0.3) is 0 Å². The van der Waals surface area contributed by atoms with Crippen LogP contribution in [0.3, 0.4) is 0 Å². The van der Waals surface area contributed by atoms with Gasteiger partial charge < -0.3 is 20.5 Å². The molecule has 0 radical (unpaired) electrons. The summed E-state index contributed by atoms with van der Waals surface area (Å²) < 4.78 is 45.8. The van der Waals surface area contributed by atoms with Crippen LogP contribution in [-0.2, 0) is 6.54 Å². The largest absolute Gasteiger partial charge is 0.573 e. The lowest BCUT2D eigenvalue weighted by molar-refractivity contribution is -0.274. The molecule has 1 heterocycles. The molecule has 7 nitrogen and oxygen atoms in total. The molecule has 3 N–H and O–H groups in total. The van der Waals surface area contributed by atoms with Crippen molar-refractivity contribution in [3.8, 4) is 17.7 Å². The van der Waals surface area contributed by atoms with Gasteiger partial charge in [-0.1, -0.05) is 12.1 Å². The number of hydrogen-bond donors (Lipinski definition) is 2. The van der Waals surface area contributed by atoms with Gasteiger partial charge in [-0.3, -0.25) is 4.79 Å². The van der Waals surface area contributed by atoms with Gasteiger partial charge in [-0.2, -0.15) is 5.26 Å². The highest BCUT2D eigenvalue weighted by atomic mass is 19.4. The first-order chi connectivity index (χ1) is 12.7. The predicted octanol–water partition coefficient (Wildman–Crippen LogP) is 2.76. The first kappa shape index (κ1) is 19.8. The van der Waals surface area contributed by atoms with Gasteiger partial charge in [0.1, 0.15) is 23.1 Å². The van der Waals surface area contributed by atoms with Crippen LogP contribution in [0.1, 0.15) is 28.5 Å². The van der Waals surface area contributed by atoms with Crippen LogP contribution in [0.5, 0.6) is 11.6 Å². The number of hydrogen-bond acceptors (Lipinski definition) is 6. The number of halogens is 3. The molecule has 1 amide bonds. The van der Waals surface area contributed by atoms with E-state index in [1.807, 2.05) is 6.07 Å². The standard InChI is InChI=1S/C17H15F3N4O3/c1-2-26-16-12(8-21)13(22)7-14(24-16)15(25)23-9-10-4-3-5-11(6-10)27-17(18,19)20/h3-7H,2,9H2,1H3,(H2,22,24)(H,23,25). The number of aromatic nitrogens is 1. The molecule has 0 aliphatic heterocycles. The minimum Gasteiger partial charge on any atom is -0.477 e. The lowest BCUT2D eigenvalue weighted by atomic mass is 10.2. The molecule has 142 valence electrons.